The molecule has 3 atom stereocenters. The highest BCUT2D eigenvalue weighted by molar-refractivity contribution is 5.69. The third-order valence-corrected chi connectivity index (χ3v) is 6.47. The van der Waals surface area contributed by atoms with Gasteiger partial charge in [-0.25, -0.2) is 9.59 Å². The van der Waals surface area contributed by atoms with Crippen LogP contribution in [-0.2, 0) is 22.7 Å². The molecule has 0 aromatic heterocycles. The molecule has 2 saturated heterocycles. The number of benzene rings is 2. The lowest BCUT2D eigenvalue weighted by molar-refractivity contribution is -0.0196. The van der Waals surface area contributed by atoms with E-state index in [1.54, 1.807) is 9.80 Å². The number of likely N-dealkylation sites (tertiary alicyclic amines) is 2. The van der Waals surface area contributed by atoms with Crippen molar-refractivity contribution in [1.29, 1.82) is 0 Å². The van der Waals surface area contributed by atoms with Crippen LogP contribution in [-0.4, -0.2) is 59.9 Å². The third-order valence-electron chi connectivity index (χ3n) is 6.47. The average Bonchev–Trinajstić information content (AvgIpc) is 2.86. The zero-order chi connectivity index (χ0) is 22.3. The van der Waals surface area contributed by atoms with E-state index in [4.69, 9.17) is 9.47 Å². The molecule has 32 heavy (non-hydrogen) atoms. The molecule has 2 aromatic carbocycles. The highest BCUT2D eigenvalue weighted by Gasteiger charge is 2.42. The molecule has 0 saturated carbocycles. The van der Waals surface area contributed by atoms with Crippen molar-refractivity contribution in [1.82, 2.24) is 9.80 Å². The zero-order valence-corrected chi connectivity index (χ0v) is 18.1. The second-order valence-electron chi connectivity index (χ2n) is 8.59. The van der Waals surface area contributed by atoms with Gasteiger partial charge in [0, 0.05) is 38.7 Å². The molecule has 7 nitrogen and oxygen atoms in total. The zero-order valence-electron chi connectivity index (χ0n) is 18.1. The summed E-state index contributed by atoms with van der Waals surface area (Å²) in [5.74, 6) is 0.347. The summed E-state index contributed by atoms with van der Waals surface area (Å²) in [5.41, 5.74) is 1.88. The largest absolute Gasteiger partial charge is 0.445 e. The van der Waals surface area contributed by atoms with Gasteiger partial charge in [-0.1, -0.05) is 60.7 Å². The molecule has 0 radical (unpaired) electrons. The summed E-state index contributed by atoms with van der Waals surface area (Å²) in [6.07, 6.45) is 0.0784. The highest BCUT2D eigenvalue weighted by Crippen LogP contribution is 2.35. The van der Waals surface area contributed by atoms with Gasteiger partial charge in [0.2, 0.25) is 0 Å². The predicted octanol–water partition coefficient (Wildman–Crippen LogP) is 3.52. The lowest BCUT2D eigenvalue weighted by Crippen LogP contribution is -2.56. The molecule has 0 bridgehead atoms. The van der Waals surface area contributed by atoms with Crippen LogP contribution in [0.3, 0.4) is 0 Å². The van der Waals surface area contributed by atoms with E-state index in [2.05, 4.69) is 0 Å². The van der Waals surface area contributed by atoms with Crippen LogP contribution in [0.2, 0.25) is 0 Å². The Kier molecular flexibility index (Phi) is 7.27. The van der Waals surface area contributed by atoms with Crippen LogP contribution in [0.5, 0.6) is 0 Å². The molecule has 2 aromatic rings. The van der Waals surface area contributed by atoms with Crippen LogP contribution in [0, 0.1) is 17.8 Å². The monoisotopic (exact) mass is 438 g/mol. The Morgan fingerprint density at radius 3 is 1.91 bits per heavy atom. The van der Waals surface area contributed by atoms with Gasteiger partial charge in [-0.3, -0.25) is 0 Å². The quantitative estimate of drug-likeness (QED) is 0.773. The van der Waals surface area contributed by atoms with Crippen molar-refractivity contribution in [3.05, 3.63) is 71.8 Å². The number of hydrogen-bond donors (Lipinski definition) is 1. The maximum atomic E-state index is 12.7. The van der Waals surface area contributed by atoms with Crippen LogP contribution in [0.25, 0.3) is 0 Å². The molecule has 4 rings (SSSR count). The van der Waals surface area contributed by atoms with Crippen LogP contribution in [0.4, 0.5) is 9.59 Å². The highest BCUT2D eigenvalue weighted by atomic mass is 16.6. The number of ether oxygens (including phenoxy) is 2. The second kappa shape index (κ2) is 10.5. The van der Waals surface area contributed by atoms with Crippen molar-refractivity contribution in [2.75, 3.05) is 32.8 Å². The van der Waals surface area contributed by atoms with Gasteiger partial charge in [0.1, 0.15) is 13.2 Å². The number of aliphatic hydroxyl groups is 1. The van der Waals surface area contributed by atoms with Gasteiger partial charge in [0.15, 0.2) is 0 Å². The molecule has 7 heteroatoms. The van der Waals surface area contributed by atoms with Crippen molar-refractivity contribution >= 4 is 12.2 Å². The normalized spacial score (nSPS) is 22.7. The second-order valence-corrected chi connectivity index (χ2v) is 8.59. The van der Waals surface area contributed by atoms with E-state index in [0.29, 0.717) is 26.2 Å². The number of rotatable bonds is 5. The Labute approximate surface area is 188 Å². The number of hydrogen-bond acceptors (Lipinski definition) is 5. The van der Waals surface area contributed by atoms with E-state index in [1.165, 1.54) is 0 Å². The minimum atomic E-state index is -0.380. The number of carbonyl (C=O) groups excluding carboxylic acids is 2. The number of nitrogens with zero attached hydrogens (tertiary/aromatic N) is 2. The molecule has 2 aliphatic rings. The predicted molar refractivity (Wildman–Crippen MR) is 119 cm³/mol. The van der Waals surface area contributed by atoms with Gasteiger partial charge in [0.25, 0.3) is 0 Å². The van der Waals surface area contributed by atoms with Crippen LogP contribution in [0.15, 0.2) is 60.7 Å². The van der Waals surface area contributed by atoms with Crippen LogP contribution in [0.1, 0.15) is 17.5 Å². The van der Waals surface area contributed by atoms with Gasteiger partial charge in [0.05, 0.1) is 0 Å². The first kappa shape index (κ1) is 22.1. The van der Waals surface area contributed by atoms with Gasteiger partial charge >= 0.3 is 12.2 Å². The molecule has 1 N–H and O–H groups in total. The first-order chi connectivity index (χ1) is 15.6. The molecular formula is C25H30N2O5. The summed E-state index contributed by atoms with van der Waals surface area (Å²) in [4.78, 5) is 28.7. The summed E-state index contributed by atoms with van der Waals surface area (Å²) in [6.45, 7) is 2.57. The smallest absolute Gasteiger partial charge is 0.410 e. The number of amides is 2. The molecule has 2 fully saturated rings. The molecule has 0 unspecified atom stereocenters. The summed E-state index contributed by atoms with van der Waals surface area (Å²) < 4.78 is 11.0. The molecular weight excluding hydrogens is 408 g/mol. The first-order valence-electron chi connectivity index (χ1n) is 11.2. The molecule has 170 valence electrons. The van der Waals surface area contributed by atoms with E-state index < -0.39 is 0 Å². The molecule has 2 heterocycles. The molecule has 0 aliphatic carbocycles. The first-order valence-corrected chi connectivity index (χ1v) is 11.2. The number of carbonyl (C=O) groups is 2. The summed E-state index contributed by atoms with van der Waals surface area (Å²) >= 11 is 0. The van der Waals surface area contributed by atoms with Gasteiger partial charge in [-0.05, 0) is 29.4 Å². The maximum absolute atomic E-state index is 12.7. The van der Waals surface area contributed by atoms with E-state index in [0.717, 1.165) is 17.5 Å². The van der Waals surface area contributed by atoms with Gasteiger partial charge < -0.3 is 24.4 Å². The molecule has 0 spiro atoms. The molecule has 2 aliphatic heterocycles. The fraction of sp³-hybridized carbons (Fsp3) is 0.440. The van der Waals surface area contributed by atoms with Gasteiger partial charge in [-0.2, -0.15) is 0 Å². The van der Waals surface area contributed by atoms with Crippen molar-refractivity contribution in [2.45, 2.75) is 19.6 Å². The van der Waals surface area contributed by atoms with Crippen LogP contribution < -0.4 is 0 Å². The van der Waals surface area contributed by atoms with Crippen molar-refractivity contribution in [2.24, 2.45) is 17.8 Å². The SMILES string of the molecule is O=C(OCc1ccccc1)N1CC[C@H]2[C@H](CO)CN(C(=O)OCc3ccccc3)C[C@H]2C1. The minimum Gasteiger partial charge on any atom is -0.445 e. The Bertz CT molecular complexity index is 890. The maximum Gasteiger partial charge on any atom is 0.410 e. The summed E-state index contributed by atoms with van der Waals surface area (Å²) in [6, 6.07) is 19.2. The topological polar surface area (TPSA) is 79.3 Å². The van der Waals surface area contributed by atoms with E-state index >= 15 is 0 Å². The Hall–Kier alpha value is -3.06. The Balaban J connectivity index is 1.33. The molecule has 2 amide bonds. The Morgan fingerprint density at radius 2 is 1.34 bits per heavy atom. The van der Waals surface area contributed by atoms with Crippen molar-refractivity contribution < 1.29 is 24.2 Å². The number of fused-ring (bicyclic) bond motifs is 1. The van der Waals surface area contributed by atoms with Crippen molar-refractivity contribution in [3.63, 3.8) is 0 Å². The summed E-state index contributed by atoms with van der Waals surface area (Å²) in [5, 5.41) is 9.94. The minimum absolute atomic E-state index is 0.0134. The third kappa shape index (κ3) is 5.40. The standard InChI is InChI=1S/C25H30N2O5/c28-16-22-15-27(25(30)32-18-20-9-5-2-6-10-20)14-21-13-26(12-11-23(21)22)24(29)31-17-19-7-3-1-4-8-19/h1-10,21-23,28H,11-18H2/t21-,22+,23-/m1/s1. The summed E-state index contributed by atoms with van der Waals surface area (Å²) in [7, 11) is 0. The van der Waals surface area contributed by atoms with Crippen molar-refractivity contribution in [3.8, 4) is 0 Å². The fourth-order valence-electron chi connectivity index (χ4n) is 4.77. The van der Waals surface area contributed by atoms with E-state index in [9.17, 15) is 14.7 Å². The number of aliphatic hydroxyl groups excluding tert-OH is 1. The van der Waals surface area contributed by atoms with E-state index in [1.807, 2.05) is 60.7 Å². The van der Waals surface area contributed by atoms with Gasteiger partial charge in [-0.15, -0.1) is 0 Å². The lowest BCUT2D eigenvalue weighted by atomic mass is 9.74. The number of piperidine rings is 2. The fourth-order valence-corrected chi connectivity index (χ4v) is 4.77. The average molecular weight is 439 g/mol. The van der Waals surface area contributed by atoms with E-state index in [-0.39, 0.29) is 49.8 Å². The van der Waals surface area contributed by atoms with Crippen LogP contribution >= 0.6 is 0 Å². The lowest BCUT2D eigenvalue weighted by Gasteiger charge is -2.47. The Morgan fingerprint density at radius 1 is 0.812 bits per heavy atom.